The Hall–Kier alpha value is -2.05. The smallest absolute Gasteiger partial charge is 0.332 e. The van der Waals surface area contributed by atoms with Crippen LogP contribution in [0.2, 0.25) is 0 Å². The predicted molar refractivity (Wildman–Crippen MR) is 69.6 cm³/mol. The van der Waals surface area contributed by atoms with Gasteiger partial charge in [0.2, 0.25) is 5.95 Å². The van der Waals surface area contributed by atoms with Crippen LogP contribution in [0, 0.1) is 0 Å². The lowest BCUT2D eigenvalue weighted by molar-refractivity contribution is 0.538. The summed E-state index contributed by atoms with van der Waals surface area (Å²) in [4.78, 5) is 28.0. The van der Waals surface area contributed by atoms with E-state index in [4.69, 9.17) is 5.73 Å². The molecule has 0 fully saturated rings. The van der Waals surface area contributed by atoms with Crippen molar-refractivity contribution in [1.82, 2.24) is 18.7 Å². The van der Waals surface area contributed by atoms with Crippen LogP contribution >= 0.6 is 0 Å². The van der Waals surface area contributed by atoms with E-state index in [-0.39, 0.29) is 23.2 Å². The first-order valence-corrected chi connectivity index (χ1v) is 5.83. The number of nitrogens with zero attached hydrogens (tertiary/aromatic N) is 4. The van der Waals surface area contributed by atoms with Gasteiger partial charge in [0.1, 0.15) is 0 Å². The third-order valence-electron chi connectivity index (χ3n) is 3.34. The van der Waals surface area contributed by atoms with E-state index < -0.39 is 5.56 Å². The van der Waals surface area contributed by atoms with E-state index in [2.05, 4.69) is 4.98 Å². The van der Waals surface area contributed by atoms with Gasteiger partial charge in [0.15, 0.2) is 11.2 Å². The number of rotatable bonds is 2. The highest BCUT2D eigenvalue weighted by atomic mass is 16.2. The second-order valence-electron chi connectivity index (χ2n) is 4.48. The maximum atomic E-state index is 12.0. The minimum Gasteiger partial charge on any atom is -0.369 e. The standard InChI is InChI=1S/C11H17N5O2/c1-5-6(2)16-8-7(13-10(16)12)9(17)15(4)11(18)14(8)3/h6H,5H2,1-4H3,(H2,12,13). The van der Waals surface area contributed by atoms with E-state index in [0.29, 0.717) is 5.65 Å². The molecule has 0 aromatic carbocycles. The summed E-state index contributed by atoms with van der Waals surface area (Å²) in [7, 11) is 3.05. The Labute approximate surface area is 103 Å². The van der Waals surface area contributed by atoms with Gasteiger partial charge in [0.25, 0.3) is 5.56 Å². The zero-order chi connectivity index (χ0) is 13.6. The molecule has 0 aliphatic heterocycles. The summed E-state index contributed by atoms with van der Waals surface area (Å²) in [6, 6.07) is 0.0766. The molecule has 7 nitrogen and oxygen atoms in total. The van der Waals surface area contributed by atoms with Crippen LogP contribution in [0.3, 0.4) is 0 Å². The minimum atomic E-state index is -0.415. The molecule has 2 aromatic heterocycles. The molecule has 7 heteroatoms. The fourth-order valence-electron chi connectivity index (χ4n) is 2.08. The van der Waals surface area contributed by atoms with Crippen LogP contribution in [0.4, 0.5) is 5.95 Å². The number of aromatic nitrogens is 4. The second kappa shape index (κ2) is 4.01. The Balaban J connectivity index is 3.04. The molecular weight excluding hydrogens is 234 g/mol. The van der Waals surface area contributed by atoms with Crippen LogP contribution in [-0.4, -0.2) is 18.7 Å². The summed E-state index contributed by atoms with van der Waals surface area (Å²) in [5.41, 5.74) is 5.78. The highest BCUT2D eigenvalue weighted by Gasteiger charge is 2.19. The molecule has 0 spiro atoms. The third-order valence-corrected chi connectivity index (χ3v) is 3.34. The van der Waals surface area contributed by atoms with Gasteiger partial charge in [0, 0.05) is 20.1 Å². The first kappa shape index (κ1) is 12.4. The van der Waals surface area contributed by atoms with E-state index in [1.807, 2.05) is 13.8 Å². The molecule has 2 N–H and O–H groups in total. The second-order valence-corrected chi connectivity index (χ2v) is 4.48. The van der Waals surface area contributed by atoms with Crippen molar-refractivity contribution in [3.8, 4) is 0 Å². The van der Waals surface area contributed by atoms with Gasteiger partial charge < -0.3 is 5.73 Å². The molecule has 0 aliphatic carbocycles. The Morgan fingerprint density at radius 1 is 1.28 bits per heavy atom. The van der Waals surface area contributed by atoms with Gasteiger partial charge in [-0.3, -0.25) is 18.5 Å². The molecule has 0 amide bonds. The first-order chi connectivity index (χ1) is 8.40. The van der Waals surface area contributed by atoms with Gasteiger partial charge in [-0.25, -0.2) is 9.78 Å². The van der Waals surface area contributed by atoms with E-state index in [1.165, 1.54) is 11.6 Å². The monoisotopic (exact) mass is 251 g/mol. The molecule has 0 radical (unpaired) electrons. The Morgan fingerprint density at radius 3 is 2.44 bits per heavy atom. The lowest BCUT2D eigenvalue weighted by Crippen LogP contribution is -2.37. The van der Waals surface area contributed by atoms with Crippen molar-refractivity contribution < 1.29 is 0 Å². The van der Waals surface area contributed by atoms with E-state index in [0.717, 1.165) is 11.0 Å². The van der Waals surface area contributed by atoms with Crippen molar-refractivity contribution >= 4 is 17.1 Å². The fraction of sp³-hybridized carbons (Fsp3) is 0.545. The number of fused-ring (bicyclic) bond motifs is 1. The highest BCUT2D eigenvalue weighted by Crippen LogP contribution is 2.21. The van der Waals surface area contributed by atoms with Crippen molar-refractivity contribution in [2.75, 3.05) is 5.73 Å². The SMILES string of the molecule is CCC(C)n1c(N)nc2c(=O)n(C)c(=O)n(C)c21. The highest BCUT2D eigenvalue weighted by molar-refractivity contribution is 5.73. The Kier molecular flexibility index (Phi) is 2.76. The molecule has 0 bridgehead atoms. The number of hydrogen-bond acceptors (Lipinski definition) is 4. The number of anilines is 1. The van der Waals surface area contributed by atoms with Crippen molar-refractivity contribution in [1.29, 1.82) is 0 Å². The van der Waals surface area contributed by atoms with Crippen LogP contribution in [-0.2, 0) is 14.1 Å². The Bertz CT molecular complexity index is 722. The number of aryl methyl sites for hydroxylation is 1. The summed E-state index contributed by atoms with van der Waals surface area (Å²) in [6.45, 7) is 3.98. The van der Waals surface area contributed by atoms with Crippen molar-refractivity contribution in [2.24, 2.45) is 14.1 Å². The molecule has 18 heavy (non-hydrogen) atoms. The van der Waals surface area contributed by atoms with Gasteiger partial charge >= 0.3 is 5.69 Å². The number of hydrogen-bond donors (Lipinski definition) is 1. The summed E-state index contributed by atoms with van der Waals surface area (Å²) in [5, 5.41) is 0. The molecule has 1 unspecified atom stereocenters. The summed E-state index contributed by atoms with van der Waals surface area (Å²) in [6.07, 6.45) is 0.832. The molecule has 1 atom stereocenters. The molecule has 98 valence electrons. The largest absolute Gasteiger partial charge is 0.369 e. The van der Waals surface area contributed by atoms with E-state index in [9.17, 15) is 9.59 Å². The predicted octanol–water partition coefficient (Wildman–Crippen LogP) is -0.0131. The van der Waals surface area contributed by atoms with Crippen LogP contribution in [0.25, 0.3) is 11.2 Å². The molecular formula is C11H17N5O2. The molecule has 2 heterocycles. The summed E-state index contributed by atoms with van der Waals surface area (Å²) < 4.78 is 4.18. The molecule has 0 saturated heterocycles. The van der Waals surface area contributed by atoms with Gasteiger partial charge in [-0.1, -0.05) is 6.92 Å². The van der Waals surface area contributed by atoms with Crippen LogP contribution in [0.5, 0.6) is 0 Å². The molecule has 0 aliphatic rings. The van der Waals surface area contributed by atoms with Crippen molar-refractivity contribution in [3.63, 3.8) is 0 Å². The van der Waals surface area contributed by atoms with E-state index >= 15 is 0 Å². The topological polar surface area (TPSA) is 87.8 Å². The maximum absolute atomic E-state index is 12.0. The average molecular weight is 251 g/mol. The number of nitrogens with two attached hydrogens (primary N) is 1. The zero-order valence-electron chi connectivity index (χ0n) is 11.0. The Morgan fingerprint density at radius 2 is 1.89 bits per heavy atom. The lowest BCUT2D eigenvalue weighted by atomic mass is 10.2. The van der Waals surface area contributed by atoms with Crippen LogP contribution in [0.1, 0.15) is 26.3 Å². The van der Waals surface area contributed by atoms with Crippen LogP contribution < -0.4 is 17.0 Å². The third kappa shape index (κ3) is 1.47. The zero-order valence-corrected chi connectivity index (χ0v) is 11.0. The fourth-order valence-corrected chi connectivity index (χ4v) is 2.08. The lowest BCUT2D eigenvalue weighted by Gasteiger charge is -2.15. The van der Waals surface area contributed by atoms with Crippen molar-refractivity contribution in [2.45, 2.75) is 26.3 Å². The summed E-state index contributed by atoms with van der Waals surface area (Å²) in [5.74, 6) is 0.262. The molecule has 2 aromatic rings. The van der Waals surface area contributed by atoms with Gasteiger partial charge in [0.05, 0.1) is 0 Å². The number of nitrogen functional groups attached to an aromatic ring is 1. The van der Waals surface area contributed by atoms with Crippen LogP contribution in [0.15, 0.2) is 9.59 Å². The van der Waals surface area contributed by atoms with E-state index in [1.54, 1.807) is 11.6 Å². The average Bonchev–Trinajstić information content (AvgIpc) is 2.70. The molecule has 0 saturated carbocycles. The summed E-state index contributed by atoms with van der Waals surface area (Å²) >= 11 is 0. The van der Waals surface area contributed by atoms with Gasteiger partial charge in [-0.05, 0) is 13.3 Å². The number of imidazole rings is 1. The maximum Gasteiger partial charge on any atom is 0.332 e. The quantitative estimate of drug-likeness (QED) is 0.813. The normalized spacial score (nSPS) is 13.1. The van der Waals surface area contributed by atoms with Gasteiger partial charge in [-0.15, -0.1) is 0 Å². The minimum absolute atomic E-state index is 0.0766. The van der Waals surface area contributed by atoms with Gasteiger partial charge in [-0.2, -0.15) is 0 Å². The molecule has 2 rings (SSSR count). The first-order valence-electron chi connectivity index (χ1n) is 5.83. The van der Waals surface area contributed by atoms with Crippen molar-refractivity contribution in [3.05, 3.63) is 20.8 Å².